The van der Waals surface area contributed by atoms with Crippen LogP contribution >= 0.6 is 11.3 Å². The fourth-order valence-electron chi connectivity index (χ4n) is 3.00. The predicted molar refractivity (Wildman–Crippen MR) is 87.9 cm³/mol. The zero-order chi connectivity index (χ0) is 15.0. The molecule has 1 amide bonds. The van der Waals surface area contributed by atoms with Crippen molar-refractivity contribution in [2.24, 2.45) is 5.92 Å². The van der Waals surface area contributed by atoms with Gasteiger partial charge in [0, 0.05) is 12.0 Å². The van der Waals surface area contributed by atoms with Crippen molar-refractivity contribution in [2.75, 3.05) is 11.9 Å². The lowest BCUT2D eigenvalue weighted by molar-refractivity contribution is -0.120. The van der Waals surface area contributed by atoms with Crippen LogP contribution in [0.1, 0.15) is 30.9 Å². The van der Waals surface area contributed by atoms with E-state index in [1.165, 1.54) is 5.56 Å². The first kappa shape index (κ1) is 14.5. The molecule has 2 heterocycles. The first-order valence-corrected chi connectivity index (χ1v) is 8.26. The van der Waals surface area contributed by atoms with E-state index >= 15 is 0 Å². The lowest BCUT2D eigenvalue weighted by Gasteiger charge is -2.26. The van der Waals surface area contributed by atoms with Gasteiger partial charge in [0.2, 0.25) is 5.91 Å². The lowest BCUT2D eigenvalue weighted by atomic mass is 9.92. The number of thiazole rings is 1. The van der Waals surface area contributed by atoms with Crippen LogP contribution in [-0.2, 0) is 4.79 Å². The first-order valence-electron chi connectivity index (χ1n) is 7.45. The summed E-state index contributed by atoms with van der Waals surface area (Å²) in [6, 6.07) is 4.67. The highest BCUT2D eigenvalue weighted by Crippen LogP contribution is 2.30. The molecule has 5 heteroatoms. The number of nitrogens with zero attached hydrogens (tertiary/aromatic N) is 1. The molecule has 0 aliphatic carbocycles. The SMILES string of the molecule is Cc1cc(C)c2nc(NC(=O)[C@H]3CCN[C@@H](C)C3)sc2c1. The van der Waals surface area contributed by atoms with Crippen molar-refractivity contribution in [3.63, 3.8) is 0 Å². The van der Waals surface area contributed by atoms with Gasteiger partial charge in [0.1, 0.15) is 0 Å². The largest absolute Gasteiger partial charge is 0.314 e. The molecule has 1 aromatic heterocycles. The van der Waals surface area contributed by atoms with E-state index in [9.17, 15) is 4.79 Å². The van der Waals surface area contributed by atoms with Crippen molar-refractivity contribution >= 4 is 32.6 Å². The van der Waals surface area contributed by atoms with Gasteiger partial charge in [-0.2, -0.15) is 0 Å². The maximum Gasteiger partial charge on any atom is 0.229 e. The molecule has 1 saturated heterocycles. The Hall–Kier alpha value is -1.46. The first-order chi connectivity index (χ1) is 10.0. The highest BCUT2D eigenvalue weighted by molar-refractivity contribution is 7.22. The summed E-state index contributed by atoms with van der Waals surface area (Å²) in [6.45, 7) is 7.19. The number of piperidine rings is 1. The summed E-state index contributed by atoms with van der Waals surface area (Å²) in [5, 5.41) is 7.10. The van der Waals surface area contributed by atoms with Crippen LogP contribution in [0.3, 0.4) is 0 Å². The monoisotopic (exact) mass is 303 g/mol. The van der Waals surface area contributed by atoms with Crippen molar-refractivity contribution in [1.82, 2.24) is 10.3 Å². The molecule has 3 rings (SSSR count). The predicted octanol–water partition coefficient (Wildman–Crippen LogP) is 3.24. The molecule has 0 radical (unpaired) electrons. The van der Waals surface area contributed by atoms with Crippen LogP contribution in [0.2, 0.25) is 0 Å². The van der Waals surface area contributed by atoms with Crippen molar-refractivity contribution in [1.29, 1.82) is 0 Å². The van der Waals surface area contributed by atoms with Gasteiger partial charge in [-0.15, -0.1) is 0 Å². The Morgan fingerprint density at radius 3 is 3.00 bits per heavy atom. The standard InChI is InChI=1S/C16H21N3OS/c1-9-6-10(2)14-13(7-9)21-16(18-14)19-15(20)12-4-5-17-11(3)8-12/h6-7,11-12,17H,4-5,8H2,1-3H3,(H,18,19,20)/t11-,12-/m0/s1. The highest BCUT2D eigenvalue weighted by atomic mass is 32.1. The van der Waals surface area contributed by atoms with Crippen molar-refractivity contribution < 1.29 is 4.79 Å². The van der Waals surface area contributed by atoms with Crippen LogP contribution < -0.4 is 10.6 Å². The molecule has 0 saturated carbocycles. The summed E-state index contributed by atoms with van der Waals surface area (Å²) in [5.41, 5.74) is 3.39. The molecule has 1 aromatic carbocycles. The van der Waals surface area contributed by atoms with Crippen LogP contribution in [0.25, 0.3) is 10.2 Å². The highest BCUT2D eigenvalue weighted by Gasteiger charge is 2.25. The zero-order valence-corrected chi connectivity index (χ0v) is 13.5. The fraction of sp³-hybridized carbons (Fsp3) is 0.500. The van der Waals surface area contributed by atoms with Gasteiger partial charge in [0.25, 0.3) is 0 Å². The summed E-state index contributed by atoms with van der Waals surface area (Å²) in [6.07, 6.45) is 1.80. The Morgan fingerprint density at radius 2 is 2.24 bits per heavy atom. The number of hydrogen-bond acceptors (Lipinski definition) is 4. The number of carbonyl (C=O) groups excluding carboxylic acids is 1. The Kier molecular flexibility index (Phi) is 3.95. The van der Waals surface area contributed by atoms with Crippen LogP contribution in [0.5, 0.6) is 0 Å². The number of nitrogens with one attached hydrogen (secondary N) is 2. The molecular weight excluding hydrogens is 282 g/mol. The third-order valence-electron chi connectivity index (χ3n) is 4.05. The van der Waals surface area contributed by atoms with Gasteiger partial charge < -0.3 is 10.6 Å². The number of fused-ring (bicyclic) bond motifs is 1. The van der Waals surface area contributed by atoms with Gasteiger partial charge in [-0.1, -0.05) is 17.4 Å². The Morgan fingerprint density at radius 1 is 1.43 bits per heavy atom. The number of benzene rings is 1. The third kappa shape index (κ3) is 3.09. The van der Waals surface area contributed by atoms with E-state index in [-0.39, 0.29) is 11.8 Å². The van der Waals surface area contributed by atoms with E-state index in [0.29, 0.717) is 6.04 Å². The van der Waals surface area contributed by atoms with Crippen molar-refractivity contribution in [3.8, 4) is 0 Å². The number of hydrogen-bond donors (Lipinski definition) is 2. The summed E-state index contributed by atoms with van der Waals surface area (Å²) >= 11 is 1.56. The molecule has 2 N–H and O–H groups in total. The molecule has 0 unspecified atom stereocenters. The van der Waals surface area contributed by atoms with Crippen LogP contribution in [0.15, 0.2) is 12.1 Å². The van der Waals surface area contributed by atoms with Crippen LogP contribution in [0, 0.1) is 19.8 Å². The van der Waals surface area contributed by atoms with E-state index in [2.05, 4.69) is 48.5 Å². The smallest absolute Gasteiger partial charge is 0.229 e. The average Bonchev–Trinajstić information content (AvgIpc) is 2.81. The minimum absolute atomic E-state index is 0.0936. The number of rotatable bonds is 2. The third-order valence-corrected chi connectivity index (χ3v) is 4.97. The van der Waals surface area contributed by atoms with E-state index in [1.807, 2.05) is 0 Å². The van der Waals surface area contributed by atoms with Gasteiger partial charge in [0.05, 0.1) is 10.2 Å². The van der Waals surface area contributed by atoms with E-state index < -0.39 is 0 Å². The Bertz CT molecular complexity index is 679. The van der Waals surface area contributed by atoms with Crippen LogP contribution in [-0.4, -0.2) is 23.5 Å². The van der Waals surface area contributed by atoms with Gasteiger partial charge in [-0.05, 0) is 57.4 Å². The maximum absolute atomic E-state index is 12.4. The van der Waals surface area contributed by atoms with Crippen molar-refractivity contribution in [3.05, 3.63) is 23.3 Å². The molecule has 2 atom stereocenters. The fourth-order valence-corrected chi connectivity index (χ4v) is 4.05. The molecular formula is C16H21N3OS. The van der Waals surface area contributed by atoms with Crippen molar-refractivity contribution in [2.45, 2.75) is 39.7 Å². The zero-order valence-electron chi connectivity index (χ0n) is 12.7. The minimum atomic E-state index is 0.0936. The Labute approximate surface area is 129 Å². The number of anilines is 1. The quantitative estimate of drug-likeness (QED) is 0.895. The Balaban J connectivity index is 1.78. The summed E-state index contributed by atoms with van der Waals surface area (Å²) in [4.78, 5) is 16.9. The molecule has 1 aliphatic rings. The molecule has 21 heavy (non-hydrogen) atoms. The average molecular weight is 303 g/mol. The lowest BCUT2D eigenvalue weighted by Crippen LogP contribution is -2.40. The maximum atomic E-state index is 12.4. The van der Waals surface area contributed by atoms with E-state index in [1.54, 1.807) is 11.3 Å². The molecule has 1 aliphatic heterocycles. The van der Waals surface area contributed by atoms with E-state index in [0.717, 1.165) is 40.3 Å². The van der Waals surface area contributed by atoms with E-state index in [4.69, 9.17) is 0 Å². The second kappa shape index (κ2) is 5.73. The molecule has 112 valence electrons. The second-order valence-electron chi connectivity index (χ2n) is 6.01. The summed E-state index contributed by atoms with van der Waals surface area (Å²) in [5.74, 6) is 0.202. The van der Waals surface area contributed by atoms with Gasteiger partial charge >= 0.3 is 0 Å². The van der Waals surface area contributed by atoms with Gasteiger partial charge in [0.15, 0.2) is 5.13 Å². The number of aromatic nitrogens is 1. The molecule has 0 spiro atoms. The number of aryl methyl sites for hydroxylation is 2. The topological polar surface area (TPSA) is 54.0 Å². The summed E-state index contributed by atoms with van der Waals surface area (Å²) < 4.78 is 1.14. The molecule has 2 aromatic rings. The minimum Gasteiger partial charge on any atom is -0.314 e. The number of carbonyl (C=O) groups is 1. The molecule has 0 bridgehead atoms. The van der Waals surface area contributed by atoms with Gasteiger partial charge in [-0.25, -0.2) is 4.98 Å². The summed E-state index contributed by atoms with van der Waals surface area (Å²) in [7, 11) is 0. The van der Waals surface area contributed by atoms with Crippen LogP contribution in [0.4, 0.5) is 5.13 Å². The number of amides is 1. The molecule has 1 fully saturated rings. The van der Waals surface area contributed by atoms with Gasteiger partial charge in [-0.3, -0.25) is 4.79 Å². The second-order valence-corrected chi connectivity index (χ2v) is 7.04. The molecule has 4 nitrogen and oxygen atoms in total. The normalized spacial score (nSPS) is 22.4.